The Labute approximate surface area is 165 Å². The fourth-order valence-corrected chi connectivity index (χ4v) is 5.25. The highest BCUT2D eigenvalue weighted by atomic mass is 32.2. The van der Waals surface area contributed by atoms with E-state index in [0.29, 0.717) is 17.7 Å². The lowest BCUT2D eigenvalue weighted by Crippen LogP contribution is -2.28. The van der Waals surface area contributed by atoms with E-state index in [4.69, 9.17) is 0 Å². The smallest absolute Gasteiger partial charge is 0.253 e. The first-order valence-electron chi connectivity index (χ1n) is 9.29. The number of anilines is 1. The van der Waals surface area contributed by atoms with Crippen LogP contribution in [0, 0.1) is 5.92 Å². The minimum Gasteiger partial charge on any atom is -0.345 e. The van der Waals surface area contributed by atoms with Gasteiger partial charge in [-0.3, -0.25) is 9.59 Å². The van der Waals surface area contributed by atoms with Gasteiger partial charge >= 0.3 is 0 Å². The van der Waals surface area contributed by atoms with E-state index < -0.39 is 9.84 Å². The first-order chi connectivity index (χ1) is 13.3. The van der Waals surface area contributed by atoms with Crippen LogP contribution in [0.3, 0.4) is 0 Å². The van der Waals surface area contributed by atoms with Crippen LogP contribution in [0.4, 0.5) is 5.69 Å². The van der Waals surface area contributed by atoms with Gasteiger partial charge in [0.05, 0.1) is 28.8 Å². The van der Waals surface area contributed by atoms with Crippen molar-refractivity contribution in [2.45, 2.75) is 25.8 Å². The molecule has 1 aliphatic rings. The van der Waals surface area contributed by atoms with Gasteiger partial charge in [0.15, 0.2) is 9.84 Å². The normalized spacial score (nSPS) is 19.0. The van der Waals surface area contributed by atoms with Crippen LogP contribution in [0.25, 0.3) is 0 Å². The van der Waals surface area contributed by atoms with Gasteiger partial charge in [-0.25, -0.2) is 8.42 Å². The van der Waals surface area contributed by atoms with Gasteiger partial charge < -0.3 is 10.6 Å². The van der Waals surface area contributed by atoms with Gasteiger partial charge in [-0.2, -0.15) is 0 Å². The number of sulfone groups is 1. The van der Waals surface area contributed by atoms with Crippen molar-refractivity contribution < 1.29 is 18.0 Å². The van der Waals surface area contributed by atoms with Crippen LogP contribution < -0.4 is 10.6 Å². The van der Waals surface area contributed by atoms with Crippen LogP contribution in [0.5, 0.6) is 0 Å². The average molecular weight is 401 g/mol. The van der Waals surface area contributed by atoms with Gasteiger partial charge in [-0.15, -0.1) is 0 Å². The third kappa shape index (κ3) is 5.19. The summed E-state index contributed by atoms with van der Waals surface area (Å²) in [6.45, 7) is 1.90. The third-order valence-corrected chi connectivity index (χ3v) is 6.73. The number of hydrogen-bond acceptors (Lipinski definition) is 4. The summed E-state index contributed by atoms with van der Waals surface area (Å²) in [5, 5.41) is 5.70. The second kappa shape index (κ2) is 8.56. The van der Waals surface area contributed by atoms with E-state index in [1.807, 2.05) is 37.3 Å². The maximum Gasteiger partial charge on any atom is 0.253 e. The summed E-state index contributed by atoms with van der Waals surface area (Å²) in [4.78, 5) is 25.1. The Bertz CT molecular complexity index is 957. The Morgan fingerprint density at radius 2 is 1.75 bits per heavy atom. The van der Waals surface area contributed by atoms with Crippen LogP contribution >= 0.6 is 0 Å². The lowest BCUT2D eigenvalue weighted by Gasteiger charge is -2.17. The molecule has 3 rings (SSSR count). The SMILES string of the molecule is CC(NC(=O)c1ccccc1NC(=O)CC1CCS(=O)(=O)C1)c1ccccc1. The lowest BCUT2D eigenvalue weighted by atomic mass is 10.0. The molecule has 2 atom stereocenters. The van der Waals surface area contributed by atoms with Crippen molar-refractivity contribution >= 4 is 27.3 Å². The lowest BCUT2D eigenvalue weighted by molar-refractivity contribution is -0.116. The molecule has 0 spiro atoms. The summed E-state index contributed by atoms with van der Waals surface area (Å²) in [5.41, 5.74) is 1.78. The fourth-order valence-electron chi connectivity index (χ4n) is 3.39. The number of carbonyl (C=O) groups excluding carboxylic acids is 2. The Hall–Kier alpha value is -2.67. The zero-order valence-electron chi connectivity index (χ0n) is 15.7. The molecule has 1 saturated heterocycles. The second-order valence-electron chi connectivity index (χ2n) is 7.17. The van der Waals surface area contributed by atoms with Crippen LogP contribution in [-0.2, 0) is 14.6 Å². The molecule has 2 unspecified atom stereocenters. The number of nitrogens with one attached hydrogen (secondary N) is 2. The molecule has 2 aromatic carbocycles. The summed E-state index contributed by atoms with van der Waals surface area (Å²) in [5.74, 6) is -0.531. The molecule has 1 heterocycles. The third-order valence-electron chi connectivity index (χ3n) is 4.89. The summed E-state index contributed by atoms with van der Waals surface area (Å²) >= 11 is 0. The van der Waals surface area contributed by atoms with Crippen molar-refractivity contribution in [3.05, 3.63) is 65.7 Å². The predicted octanol–water partition coefficient (Wildman–Crippen LogP) is 2.94. The number of para-hydroxylation sites is 1. The van der Waals surface area contributed by atoms with Gasteiger partial charge in [0, 0.05) is 6.42 Å². The van der Waals surface area contributed by atoms with Gasteiger partial charge in [0.1, 0.15) is 0 Å². The summed E-state index contributed by atoms with van der Waals surface area (Å²) in [7, 11) is -3.02. The maximum absolute atomic E-state index is 12.7. The van der Waals surface area contributed by atoms with E-state index in [0.717, 1.165) is 5.56 Å². The summed E-state index contributed by atoms with van der Waals surface area (Å²) in [6.07, 6.45) is 0.641. The molecule has 2 amide bonds. The molecule has 28 heavy (non-hydrogen) atoms. The first-order valence-corrected chi connectivity index (χ1v) is 11.1. The Morgan fingerprint density at radius 1 is 1.07 bits per heavy atom. The molecule has 2 aromatic rings. The van der Waals surface area contributed by atoms with Gasteiger partial charge in [0.2, 0.25) is 5.91 Å². The molecule has 0 radical (unpaired) electrons. The molecule has 0 saturated carbocycles. The fraction of sp³-hybridized carbons (Fsp3) is 0.333. The molecule has 7 heteroatoms. The van der Waals surface area contributed by atoms with E-state index in [2.05, 4.69) is 10.6 Å². The number of benzene rings is 2. The molecule has 0 bridgehead atoms. The summed E-state index contributed by atoms with van der Waals surface area (Å²) < 4.78 is 23.1. The topological polar surface area (TPSA) is 92.3 Å². The Kier molecular flexibility index (Phi) is 6.14. The molecule has 6 nitrogen and oxygen atoms in total. The second-order valence-corrected chi connectivity index (χ2v) is 9.40. The summed E-state index contributed by atoms with van der Waals surface area (Å²) in [6, 6.07) is 16.2. The molecular weight excluding hydrogens is 376 g/mol. The van der Waals surface area contributed by atoms with Crippen LogP contribution in [0.1, 0.15) is 41.7 Å². The van der Waals surface area contributed by atoms with Crippen molar-refractivity contribution in [2.24, 2.45) is 5.92 Å². The van der Waals surface area contributed by atoms with E-state index in [1.54, 1.807) is 24.3 Å². The van der Waals surface area contributed by atoms with Gasteiger partial charge in [-0.1, -0.05) is 42.5 Å². The molecule has 2 N–H and O–H groups in total. The highest BCUT2D eigenvalue weighted by molar-refractivity contribution is 7.91. The van der Waals surface area contributed by atoms with Crippen LogP contribution in [-0.4, -0.2) is 31.7 Å². The minimum atomic E-state index is -3.02. The van der Waals surface area contributed by atoms with E-state index in [9.17, 15) is 18.0 Å². The number of hydrogen-bond donors (Lipinski definition) is 2. The van der Waals surface area contributed by atoms with E-state index in [1.165, 1.54) is 0 Å². The van der Waals surface area contributed by atoms with Crippen LogP contribution in [0.15, 0.2) is 54.6 Å². The molecule has 0 aromatic heterocycles. The molecular formula is C21H24N2O4S. The van der Waals surface area contributed by atoms with Gasteiger partial charge in [0.25, 0.3) is 5.91 Å². The number of amides is 2. The van der Waals surface area contributed by atoms with Gasteiger partial charge in [-0.05, 0) is 37.0 Å². The monoisotopic (exact) mass is 400 g/mol. The van der Waals surface area contributed by atoms with Crippen molar-refractivity contribution in [2.75, 3.05) is 16.8 Å². The first kappa shape index (κ1) is 20.1. The van der Waals surface area contributed by atoms with E-state index >= 15 is 0 Å². The maximum atomic E-state index is 12.7. The quantitative estimate of drug-likeness (QED) is 0.780. The minimum absolute atomic E-state index is 0.0527. The molecule has 1 aliphatic heterocycles. The molecule has 148 valence electrons. The zero-order valence-corrected chi connectivity index (χ0v) is 16.5. The Morgan fingerprint density at radius 3 is 2.43 bits per heavy atom. The van der Waals surface area contributed by atoms with E-state index in [-0.39, 0.29) is 41.7 Å². The largest absolute Gasteiger partial charge is 0.345 e. The highest BCUT2D eigenvalue weighted by Gasteiger charge is 2.29. The zero-order chi connectivity index (χ0) is 20.1. The number of carbonyl (C=O) groups is 2. The standard InChI is InChI=1S/C21H24N2O4S/c1-15(17-7-3-2-4-8-17)22-21(25)18-9-5-6-10-19(18)23-20(24)13-16-11-12-28(26,27)14-16/h2-10,15-16H,11-14H2,1H3,(H,22,25)(H,23,24). The molecule has 0 aliphatic carbocycles. The van der Waals surface area contributed by atoms with Crippen molar-refractivity contribution in [1.82, 2.24) is 5.32 Å². The van der Waals surface area contributed by atoms with Crippen molar-refractivity contribution in [1.29, 1.82) is 0 Å². The van der Waals surface area contributed by atoms with Crippen LogP contribution in [0.2, 0.25) is 0 Å². The highest BCUT2D eigenvalue weighted by Crippen LogP contribution is 2.23. The number of rotatable bonds is 6. The van der Waals surface area contributed by atoms with Crippen molar-refractivity contribution in [3.8, 4) is 0 Å². The average Bonchev–Trinajstić information content (AvgIpc) is 3.00. The Balaban J connectivity index is 1.65. The van der Waals surface area contributed by atoms with Crippen molar-refractivity contribution in [3.63, 3.8) is 0 Å². The molecule has 1 fully saturated rings. The predicted molar refractivity (Wildman–Crippen MR) is 109 cm³/mol.